The Balaban J connectivity index is 1.17. The van der Waals surface area contributed by atoms with Crippen LogP contribution >= 0.6 is 11.8 Å². The van der Waals surface area contributed by atoms with Crippen LogP contribution in [0.1, 0.15) is 100.0 Å². The summed E-state index contributed by atoms with van der Waals surface area (Å²) in [6.07, 6.45) is 3.89. The van der Waals surface area contributed by atoms with Crippen molar-refractivity contribution in [3.05, 3.63) is 167 Å². The maximum absolute atomic E-state index is 14.9. The quantitative estimate of drug-likeness (QED) is 0.0558. The molecule has 334 valence electrons. The van der Waals surface area contributed by atoms with E-state index in [-0.39, 0.29) is 36.2 Å². The van der Waals surface area contributed by atoms with Gasteiger partial charge in [-0.15, -0.1) is 11.8 Å². The Morgan fingerprint density at radius 2 is 1.08 bits per heavy atom. The van der Waals surface area contributed by atoms with E-state index in [4.69, 9.17) is 9.47 Å². The summed E-state index contributed by atoms with van der Waals surface area (Å²) < 4.78 is 11.1. The van der Waals surface area contributed by atoms with Crippen LogP contribution in [0.3, 0.4) is 0 Å². The molecule has 2 aliphatic rings. The minimum atomic E-state index is -1.13. The maximum atomic E-state index is 14.9. The van der Waals surface area contributed by atoms with Gasteiger partial charge in [-0.05, 0) is 76.5 Å². The first-order chi connectivity index (χ1) is 31.1. The third-order valence-corrected chi connectivity index (χ3v) is 14.7. The summed E-state index contributed by atoms with van der Waals surface area (Å²) in [5.41, 5.74) is 7.38. The first-order valence-corrected chi connectivity index (χ1v) is 23.9. The van der Waals surface area contributed by atoms with Gasteiger partial charge >= 0.3 is 12.1 Å². The molecule has 0 radical (unpaired) electrons. The second-order valence-electron chi connectivity index (χ2n) is 17.2. The Morgan fingerprint density at radius 3 is 1.58 bits per heavy atom. The number of rotatable bonds is 19. The SMILES string of the molecule is CC[C@H](C)[C@H](NC(=O)OCC1c2ccccc2-c2ccccc21)C(=O)N[C@@H](CSC(c1ccccc1)(c1ccccc1)c1ccccc1)C(=O)N[C@H](C(=O)OC1CCCC1)[C@@H](C)CC. The number of carbonyl (C=O) groups excluding carboxylic acids is 4. The van der Waals surface area contributed by atoms with Gasteiger partial charge in [0.1, 0.15) is 30.8 Å². The van der Waals surface area contributed by atoms with Gasteiger partial charge in [0, 0.05) is 11.7 Å². The number of thioether (sulfide) groups is 1. The summed E-state index contributed by atoms with van der Waals surface area (Å²) in [6.45, 7) is 7.82. The predicted octanol–water partition coefficient (Wildman–Crippen LogP) is 10.2. The fourth-order valence-corrected chi connectivity index (χ4v) is 10.6. The van der Waals surface area contributed by atoms with E-state index in [0.29, 0.717) is 12.8 Å². The number of esters is 1. The number of benzene rings is 5. The summed E-state index contributed by atoms with van der Waals surface area (Å²) in [6, 6.07) is 43.6. The molecular formula is C54H61N3O6S. The van der Waals surface area contributed by atoms with Gasteiger partial charge in [-0.3, -0.25) is 9.59 Å². The highest BCUT2D eigenvalue weighted by atomic mass is 32.2. The molecule has 1 saturated carbocycles. The van der Waals surface area contributed by atoms with Crippen molar-refractivity contribution in [1.82, 2.24) is 16.0 Å². The van der Waals surface area contributed by atoms with Crippen molar-refractivity contribution in [1.29, 1.82) is 0 Å². The molecule has 5 aromatic rings. The lowest BCUT2D eigenvalue weighted by molar-refractivity contribution is -0.154. The standard InChI is InChI=1S/C54H61N3O6S/c1-5-36(3)48(57-53(61)62-34-46-44-32-20-18-30-42(44)43-31-19-21-33-45(43)46)51(59)55-47(50(58)56-49(37(4)6-2)52(60)63-41-28-16-17-29-41)35-64-54(38-22-10-7-11-23-38,39-24-12-8-13-25-39)40-26-14-9-15-27-40/h7-15,18-27,30-33,36-37,41,46-49H,5-6,16-17,28-29,34-35H2,1-4H3,(H,55,59)(H,56,58)(H,57,61)/t36-,37-,47-,48-,49-/m0/s1. The van der Waals surface area contributed by atoms with Crippen molar-refractivity contribution in [2.24, 2.45) is 11.8 Å². The van der Waals surface area contributed by atoms with Gasteiger partial charge < -0.3 is 25.4 Å². The van der Waals surface area contributed by atoms with E-state index in [1.54, 1.807) is 0 Å². The molecule has 2 aliphatic carbocycles. The molecule has 10 heteroatoms. The van der Waals surface area contributed by atoms with Crippen LogP contribution in [0, 0.1) is 11.8 Å². The van der Waals surface area contributed by atoms with Crippen LogP contribution in [0.2, 0.25) is 0 Å². The Morgan fingerprint density at radius 1 is 0.609 bits per heavy atom. The Hall–Kier alpha value is -5.87. The fourth-order valence-electron chi connectivity index (χ4n) is 9.06. The number of fused-ring (bicyclic) bond motifs is 3. The van der Waals surface area contributed by atoms with E-state index in [1.165, 1.54) is 11.8 Å². The minimum Gasteiger partial charge on any atom is -0.461 e. The van der Waals surface area contributed by atoms with Gasteiger partial charge in [-0.25, -0.2) is 9.59 Å². The van der Waals surface area contributed by atoms with Gasteiger partial charge in [0.15, 0.2) is 0 Å². The molecule has 9 nitrogen and oxygen atoms in total. The summed E-state index contributed by atoms with van der Waals surface area (Å²) in [5.74, 6) is -2.10. The largest absolute Gasteiger partial charge is 0.461 e. The van der Waals surface area contributed by atoms with Gasteiger partial charge in [0.05, 0.1) is 4.75 Å². The lowest BCUT2D eigenvalue weighted by Crippen LogP contribution is -2.59. The summed E-state index contributed by atoms with van der Waals surface area (Å²) >= 11 is 1.53. The zero-order chi connectivity index (χ0) is 45.1. The van der Waals surface area contributed by atoms with Crippen molar-refractivity contribution in [3.8, 4) is 11.1 Å². The van der Waals surface area contributed by atoms with E-state index in [9.17, 15) is 19.2 Å². The van der Waals surface area contributed by atoms with Crippen molar-refractivity contribution in [2.75, 3.05) is 12.4 Å². The molecule has 0 unspecified atom stereocenters. The second-order valence-corrected chi connectivity index (χ2v) is 18.4. The van der Waals surface area contributed by atoms with Gasteiger partial charge in [0.2, 0.25) is 11.8 Å². The molecule has 0 bridgehead atoms. The molecule has 0 aliphatic heterocycles. The molecular weight excluding hydrogens is 819 g/mol. The molecule has 7 rings (SSSR count). The van der Waals surface area contributed by atoms with Crippen LogP contribution in [-0.2, 0) is 28.6 Å². The Bertz CT molecular complexity index is 2200. The van der Waals surface area contributed by atoms with Crippen LogP contribution in [0.4, 0.5) is 4.79 Å². The smallest absolute Gasteiger partial charge is 0.407 e. The highest BCUT2D eigenvalue weighted by molar-refractivity contribution is 8.00. The zero-order valence-electron chi connectivity index (χ0n) is 37.3. The lowest BCUT2D eigenvalue weighted by atomic mass is 9.84. The normalized spacial score (nSPS) is 16.0. The summed E-state index contributed by atoms with van der Waals surface area (Å²) in [5, 5.41) is 8.98. The zero-order valence-corrected chi connectivity index (χ0v) is 38.2. The molecule has 0 saturated heterocycles. The minimum absolute atomic E-state index is 0.0882. The summed E-state index contributed by atoms with van der Waals surface area (Å²) in [7, 11) is 0. The third kappa shape index (κ3) is 10.4. The number of ether oxygens (including phenoxy) is 2. The van der Waals surface area contributed by atoms with Crippen LogP contribution in [-0.4, -0.2) is 60.5 Å². The van der Waals surface area contributed by atoms with E-state index >= 15 is 0 Å². The number of nitrogens with one attached hydrogen (secondary N) is 3. The topological polar surface area (TPSA) is 123 Å². The molecule has 3 amide bonds. The van der Waals surface area contributed by atoms with E-state index in [0.717, 1.165) is 64.6 Å². The molecule has 0 spiro atoms. The predicted molar refractivity (Wildman–Crippen MR) is 255 cm³/mol. The van der Waals surface area contributed by atoms with Crippen LogP contribution in [0.5, 0.6) is 0 Å². The van der Waals surface area contributed by atoms with E-state index < -0.39 is 46.7 Å². The average molecular weight is 880 g/mol. The summed E-state index contributed by atoms with van der Waals surface area (Å²) in [4.78, 5) is 57.1. The monoisotopic (exact) mass is 879 g/mol. The van der Waals surface area contributed by atoms with Gasteiger partial charge in [-0.2, -0.15) is 0 Å². The molecule has 0 heterocycles. The first kappa shape index (κ1) is 46.1. The molecule has 64 heavy (non-hydrogen) atoms. The van der Waals surface area contributed by atoms with Gasteiger partial charge in [-0.1, -0.05) is 180 Å². The van der Waals surface area contributed by atoms with E-state index in [1.807, 2.05) is 107 Å². The van der Waals surface area contributed by atoms with E-state index in [2.05, 4.69) is 76.6 Å². The van der Waals surface area contributed by atoms with Gasteiger partial charge in [0.25, 0.3) is 0 Å². The number of hydrogen-bond acceptors (Lipinski definition) is 7. The number of amides is 3. The van der Waals surface area contributed by atoms with Crippen LogP contribution < -0.4 is 16.0 Å². The highest BCUT2D eigenvalue weighted by Gasteiger charge is 2.41. The fraction of sp³-hybridized carbons (Fsp3) is 0.370. The molecule has 1 fully saturated rings. The number of carbonyl (C=O) groups is 4. The number of alkyl carbamates (subject to hydrolysis) is 1. The Kier molecular flexibility index (Phi) is 15.6. The lowest BCUT2D eigenvalue weighted by Gasteiger charge is -2.37. The number of hydrogen-bond donors (Lipinski definition) is 3. The average Bonchev–Trinajstić information content (AvgIpc) is 3.97. The van der Waals surface area contributed by atoms with Crippen molar-refractivity contribution in [2.45, 2.75) is 101 Å². The maximum Gasteiger partial charge on any atom is 0.407 e. The Labute approximate surface area is 382 Å². The van der Waals surface area contributed by atoms with Crippen LogP contribution in [0.15, 0.2) is 140 Å². The van der Waals surface area contributed by atoms with Crippen molar-refractivity contribution < 1.29 is 28.7 Å². The van der Waals surface area contributed by atoms with Crippen molar-refractivity contribution >= 4 is 35.6 Å². The van der Waals surface area contributed by atoms with Crippen LogP contribution in [0.25, 0.3) is 11.1 Å². The molecule has 0 aromatic heterocycles. The molecule has 3 N–H and O–H groups in total. The molecule has 5 aromatic carbocycles. The first-order valence-electron chi connectivity index (χ1n) is 22.9. The third-order valence-electron chi connectivity index (χ3n) is 13.1. The highest BCUT2D eigenvalue weighted by Crippen LogP contribution is 2.49. The van der Waals surface area contributed by atoms with Crippen molar-refractivity contribution in [3.63, 3.8) is 0 Å². The second kappa shape index (κ2) is 21.7. The molecule has 5 atom stereocenters.